The lowest BCUT2D eigenvalue weighted by atomic mass is 9.45. The molecule has 4 fully saturated rings. The molecule has 2 nitrogen and oxygen atoms in total. The van der Waals surface area contributed by atoms with Crippen LogP contribution in [0.5, 0.6) is 0 Å². The van der Waals surface area contributed by atoms with E-state index < -0.39 is 0 Å². The summed E-state index contributed by atoms with van der Waals surface area (Å²) < 4.78 is 0. The molecule has 4 aliphatic carbocycles. The number of hydrogen-bond donors (Lipinski definition) is 1. The first-order valence-corrected chi connectivity index (χ1v) is 12.2. The summed E-state index contributed by atoms with van der Waals surface area (Å²) in [5.74, 6) is 3.27. The lowest BCUT2D eigenvalue weighted by Crippen LogP contribution is -2.56. The standard InChI is InChI=1S/C25H34O2S/c1-24-13-12-20-18(19(24)10-11-23(24)27)9-8-16-14-21(26)22(15-25(16,20)2)28-17-6-4-3-5-7-17/h3-7,16,18-22,26H,8-15H2,1-2H3/t16-,18-,19-,20-,21-,22-,24-,25-/m0/s1. The van der Waals surface area contributed by atoms with Gasteiger partial charge in [-0.05, 0) is 86.2 Å². The van der Waals surface area contributed by atoms with E-state index in [1.54, 1.807) is 0 Å². The van der Waals surface area contributed by atoms with Crippen LogP contribution < -0.4 is 0 Å². The van der Waals surface area contributed by atoms with E-state index >= 15 is 0 Å². The predicted molar refractivity (Wildman–Crippen MR) is 114 cm³/mol. The second kappa shape index (κ2) is 6.87. The molecule has 0 radical (unpaired) electrons. The fraction of sp³-hybridized carbons (Fsp3) is 0.720. The Balaban J connectivity index is 1.40. The Labute approximate surface area is 173 Å². The van der Waals surface area contributed by atoms with E-state index in [0.29, 0.717) is 28.3 Å². The van der Waals surface area contributed by atoms with Crippen molar-refractivity contribution in [2.45, 2.75) is 81.5 Å². The van der Waals surface area contributed by atoms with Crippen molar-refractivity contribution >= 4 is 17.5 Å². The molecule has 0 aromatic heterocycles. The highest BCUT2D eigenvalue weighted by Crippen LogP contribution is 2.66. The number of aliphatic hydroxyl groups is 1. The van der Waals surface area contributed by atoms with Gasteiger partial charge in [-0.3, -0.25) is 4.79 Å². The lowest BCUT2D eigenvalue weighted by molar-refractivity contribution is -0.141. The Hall–Kier alpha value is -0.800. The van der Waals surface area contributed by atoms with Crippen molar-refractivity contribution < 1.29 is 9.90 Å². The molecule has 1 aromatic carbocycles. The number of hydrogen-bond acceptors (Lipinski definition) is 3. The normalized spacial score (nSPS) is 47.9. The smallest absolute Gasteiger partial charge is 0.139 e. The number of fused-ring (bicyclic) bond motifs is 5. The molecule has 1 N–H and O–H groups in total. The molecular formula is C25H34O2S. The average molecular weight is 399 g/mol. The number of aliphatic hydroxyl groups excluding tert-OH is 1. The zero-order valence-electron chi connectivity index (χ0n) is 17.3. The van der Waals surface area contributed by atoms with Gasteiger partial charge in [0, 0.05) is 22.0 Å². The molecule has 0 bridgehead atoms. The van der Waals surface area contributed by atoms with Crippen LogP contribution in [-0.4, -0.2) is 22.2 Å². The lowest BCUT2D eigenvalue weighted by Gasteiger charge is -2.61. The van der Waals surface area contributed by atoms with Gasteiger partial charge in [-0.1, -0.05) is 32.0 Å². The molecular weight excluding hydrogens is 364 g/mol. The molecule has 0 aliphatic heterocycles. The third-order valence-corrected chi connectivity index (χ3v) is 10.7. The van der Waals surface area contributed by atoms with E-state index in [1.165, 1.54) is 24.2 Å². The molecule has 0 saturated heterocycles. The van der Waals surface area contributed by atoms with E-state index in [1.807, 2.05) is 11.8 Å². The average Bonchev–Trinajstić information content (AvgIpc) is 2.99. The summed E-state index contributed by atoms with van der Waals surface area (Å²) >= 11 is 1.88. The van der Waals surface area contributed by atoms with Gasteiger partial charge < -0.3 is 5.11 Å². The molecule has 3 heteroatoms. The third-order valence-electron chi connectivity index (χ3n) is 9.40. The molecule has 0 heterocycles. The molecule has 0 unspecified atom stereocenters. The molecule has 4 saturated carbocycles. The first-order valence-electron chi connectivity index (χ1n) is 11.3. The molecule has 0 spiro atoms. The van der Waals surface area contributed by atoms with Crippen LogP contribution in [0.25, 0.3) is 0 Å². The quantitative estimate of drug-likeness (QED) is 0.691. The maximum atomic E-state index is 12.6. The van der Waals surface area contributed by atoms with Crippen molar-refractivity contribution in [1.29, 1.82) is 0 Å². The summed E-state index contributed by atoms with van der Waals surface area (Å²) in [4.78, 5) is 13.9. The van der Waals surface area contributed by atoms with Gasteiger partial charge in [0.25, 0.3) is 0 Å². The van der Waals surface area contributed by atoms with Gasteiger partial charge in [-0.2, -0.15) is 0 Å². The maximum Gasteiger partial charge on any atom is 0.139 e. The van der Waals surface area contributed by atoms with Crippen LogP contribution >= 0.6 is 11.8 Å². The summed E-state index contributed by atoms with van der Waals surface area (Å²) in [5.41, 5.74) is 0.290. The number of benzene rings is 1. The zero-order chi connectivity index (χ0) is 19.5. The van der Waals surface area contributed by atoms with Crippen molar-refractivity contribution in [2.24, 2.45) is 34.5 Å². The van der Waals surface area contributed by atoms with E-state index in [2.05, 4.69) is 44.2 Å². The Morgan fingerprint density at radius 3 is 2.61 bits per heavy atom. The van der Waals surface area contributed by atoms with Gasteiger partial charge in [0.05, 0.1) is 6.10 Å². The number of rotatable bonds is 2. The van der Waals surface area contributed by atoms with Crippen molar-refractivity contribution in [1.82, 2.24) is 0 Å². The summed E-state index contributed by atoms with van der Waals surface area (Å²) in [6.45, 7) is 4.81. The van der Waals surface area contributed by atoms with E-state index in [4.69, 9.17) is 0 Å². The number of Topliss-reactive ketones (excluding diaryl/α,β-unsaturated/α-hetero) is 1. The minimum absolute atomic E-state index is 0.0310. The number of ketones is 1. The molecule has 5 rings (SSSR count). The van der Waals surface area contributed by atoms with Crippen LogP contribution in [-0.2, 0) is 4.79 Å². The Morgan fingerprint density at radius 2 is 1.82 bits per heavy atom. The van der Waals surface area contributed by atoms with E-state index in [9.17, 15) is 9.90 Å². The van der Waals surface area contributed by atoms with Crippen molar-refractivity contribution in [2.75, 3.05) is 0 Å². The fourth-order valence-electron chi connectivity index (χ4n) is 7.82. The SMILES string of the molecule is C[C@]12C[C@H](Sc3ccccc3)[C@@H](O)C[C@@H]1CC[C@@H]1[C@@H]2CC[C@]2(C)C(=O)CC[C@@H]12. The highest BCUT2D eigenvalue weighted by atomic mass is 32.2. The third kappa shape index (κ3) is 2.83. The predicted octanol–water partition coefficient (Wildman–Crippen LogP) is 5.73. The molecule has 8 atom stereocenters. The summed E-state index contributed by atoms with van der Waals surface area (Å²) in [5, 5.41) is 11.2. The highest BCUT2D eigenvalue weighted by molar-refractivity contribution is 8.00. The van der Waals surface area contributed by atoms with Gasteiger partial charge in [-0.25, -0.2) is 0 Å². The van der Waals surface area contributed by atoms with Gasteiger partial charge >= 0.3 is 0 Å². The van der Waals surface area contributed by atoms with Crippen LogP contribution in [0.1, 0.15) is 65.2 Å². The van der Waals surface area contributed by atoms with Crippen LogP contribution in [0.2, 0.25) is 0 Å². The Morgan fingerprint density at radius 1 is 1.04 bits per heavy atom. The van der Waals surface area contributed by atoms with Crippen LogP contribution in [0, 0.1) is 34.5 Å². The van der Waals surface area contributed by atoms with E-state index in [0.717, 1.165) is 43.9 Å². The molecule has 0 amide bonds. The van der Waals surface area contributed by atoms with Crippen molar-refractivity contribution in [3.8, 4) is 0 Å². The van der Waals surface area contributed by atoms with Crippen LogP contribution in [0.15, 0.2) is 35.2 Å². The fourth-order valence-corrected chi connectivity index (χ4v) is 9.19. The highest BCUT2D eigenvalue weighted by Gasteiger charge is 2.61. The van der Waals surface area contributed by atoms with Gasteiger partial charge in [0.2, 0.25) is 0 Å². The largest absolute Gasteiger partial charge is 0.392 e. The van der Waals surface area contributed by atoms with Crippen molar-refractivity contribution in [3.63, 3.8) is 0 Å². The van der Waals surface area contributed by atoms with Gasteiger partial charge in [0.15, 0.2) is 0 Å². The van der Waals surface area contributed by atoms with E-state index in [-0.39, 0.29) is 11.5 Å². The second-order valence-electron chi connectivity index (χ2n) is 10.6. The second-order valence-corrected chi connectivity index (χ2v) is 11.9. The van der Waals surface area contributed by atoms with Crippen molar-refractivity contribution in [3.05, 3.63) is 30.3 Å². The minimum Gasteiger partial charge on any atom is -0.392 e. The maximum absolute atomic E-state index is 12.6. The summed E-state index contributed by atoms with van der Waals surface area (Å²) in [6, 6.07) is 10.6. The minimum atomic E-state index is -0.193. The van der Waals surface area contributed by atoms with Crippen LogP contribution in [0.4, 0.5) is 0 Å². The number of carbonyl (C=O) groups excluding carboxylic acids is 1. The first-order chi connectivity index (χ1) is 13.4. The van der Waals surface area contributed by atoms with Gasteiger partial charge in [0.1, 0.15) is 5.78 Å². The topological polar surface area (TPSA) is 37.3 Å². The first kappa shape index (κ1) is 19.2. The van der Waals surface area contributed by atoms with Crippen LogP contribution in [0.3, 0.4) is 0 Å². The monoisotopic (exact) mass is 398 g/mol. The Bertz CT molecular complexity index is 748. The Kier molecular flexibility index (Phi) is 4.71. The zero-order valence-corrected chi connectivity index (χ0v) is 18.1. The number of thioether (sulfide) groups is 1. The summed E-state index contributed by atoms with van der Waals surface area (Å²) in [7, 11) is 0. The molecule has 1 aromatic rings. The summed E-state index contributed by atoms with van der Waals surface area (Å²) in [6.07, 6.45) is 8.68. The number of carbonyl (C=O) groups is 1. The molecule has 28 heavy (non-hydrogen) atoms. The molecule has 4 aliphatic rings. The van der Waals surface area contributed by atoms with Gasteiger partial charge in [-0.15, -0.1) is 11.8 Å². The molecule has 152 valence electrons.